The highest BCUT2D eigenvalue weighted by molar-refractivity contribution is 5.66. The average Bonchev–Trinajstić information content (AvgIpc) is 2.00. The normalized spacial score (nSPS) is 12.5. The maximum Gasteiger partial charge on any atom is 0.307 e. The fourth-order valence-corrected chi connectivity index (χ4v) is 0.574. The topological polar surface area (TPSA) is 52.6 Å². The first-order valence-corrected chi connectivity index (χ1v) is 3.99. The summed E-state index contributed by atoms with van der Waals surface area (Å²) in [5.41, 5.74) is 0. The van der Waals surface area contributed by atoms with Crippen LogP contribution in [0.3, 0.4) is 0 Å². The van der Waals surface area contributed by atoms with Crippen molar-refractivity contribution in [2.45, 2.75) is 20.8 Å². The van der Waals surface area contributed by atoms with Crippen molar-refractivity contribution in [2.24, 2.45) is 5.92 Å². The van der Waals surface area contributed by atoms with Gasteiger partial charge in [-0.15, -0.1) is 0 Å². The second-order valence-electron chi connectivity index (χ2n) is 2.72. The molecule has 0 aromatic rings. The first-order chi connectivity index (χ1) is 6.02. The molecule has 0 radical (unpaired) electrons. The summed E-state index contributed by atoms with van der Waals surface area (Å²) >= 11 is 0. The summed E-state index contributed by atoms with van der Waals surface area (Å²) in [5, 5.41) is 0. The van der Waals surface area contributed by atoms with E-state index in [2.05, 4.69) is 4.74 Å². The van der Waals surface area contributed by atoms with E-state index in [1.165, 1.54) is 20.1 Å². The van der Waals surface area contributed by atoms with E-state index in [9.17, 15) is 9.59 Å². The van der Waals surface area contributed by atoms with Gasteiger partial charge in [0.25, 0.3) is 0 Å². The van der Waals surface area contributed by atoms with E-state index in [0.29, 0.717) is 6.61 Å². The second-order valence-corrected chi connectivity index (χ2v) is 2.72. The predicted octanol–water partition coefficient (Wildman–Crippen LogP) is 1.26. The smallest absolute Gasteiger partial charge is 0.307 e. The van der Waals surface area contributed by atoms with Gasteiger partial charge in [0.15, 0.2) is 0 Å². The number of carbonyl (C=O) groups excluding carboxylic acids is 2. The first kappa shape index (κ1) is 11.7. The summed E-state index contributed by atoms with van der Waals surface area (Å²) in [4.78, 5) is 20.7. The highest BCUT2D eigenvalue weighted by Gasteiger charge is 1.99. The summed E-state index contributed by atoms with van der Waals surface area (Å²) in [5.74, 6) is -0.632. The predicted molar refractivity (Wildman–Crippen MR) is 46.7 cm³/mol. The molecule has 0 fully saturated rings. The fraction of sp³-hybridized carbons (Fsp3) is 0.556. The zero-order valence-corrected chi connectivity index (χ0v) is 8.07. The van der Waals surface area contributed by atoms with Crippen LogP contribution < -0.4 is 0 Å². The number of esters is 2. The average molecular weight is 186 g/mol. The van der Waals surface area contributed by atoms with Crippen molar-refractivity contribution in [3.8, 4) is 0 Å². The minimum Gasteiger partial charge on any atom is -0.465 e. The van der Waals surface area contributed by atoms with Gasteiger partial charge < -0.3 is 9.47 Å². The Morgan fingerprint density at radius 3 is 2.38 bits per heavy atom. The molecule has 0 saturated carbocycles. The molecular weight excluding hydrogens is 172 g/mol. The largest absolute Gasteiger partial charge is 0.465 e. The van der Waals surface area contributed by atoms with Gasteiger partial charge in [-0.2, -0.15) is 0 Å². The van der Waals surface area contributed by atoms with E-state index >= 15 is 0 Å². The molecule has 74 valence electrons. The summed E-state index contributed by atoms with van der Waals surface area (Å²) in [6.07, 6.45) is 2.96. The van der Waals surface area contributed by atoms with Gasteiger partial charge in [0, 0.05) is 19.8 Å². The third-order valence-corrected chi connectivity index (χ3v) is 1.19. The van der Waals surface area contributed by atoms with Crippen molar-refractivity contribution >= 4 is 11.9 Å². The zero-order valence-electron chi connectivity index (χ0n) is 8.07. The molecule has 0 aliphatic heterocycles. The third-order valence-electron chi connectivity index (χ3n) is 1.19. The lowest BCUT2D eigenvalue weighted by Gasteiger charge is -2.05. The monoisotopic (exact) mass is 186 g/mol. The van der Waals surface area contributed by atoms with Gasteiger partial charge >= 0.3 is 11.9 Å². The Labute approximate surface area is 77.5 Å². The molecule has 4 heteroatoms. The molecule has 13 heavy (non-hydrogen) atoms. The molecule has 0 aliphatic carbocycles. The van der Waals surface area contributed by atoms with Crippen LogP contribution in [0.4, 0.5) is 0 Å². The van der Waals surface area contributed by atoms with Gasteiger partial charge in [-0.1, -0.05) is 6.92 Å². The third kappa shape index (κ3) is 8.59. The summed E-state index contributed by atoms with van der Waals surface area (Å²) in [6.45, 7) is 4.82. The molecule has 0 aliphatic rings. The van der Waals surface area contributed by atoms with Crippen LogP contribution >= 0.6 is 0 Å². The van der Waals surface area contributed by atoms with Crippen LogP contribution in [-0.4, -0.2) is 18.5 Å². The van der Waals surface area contributed by atoms with Gasteiger partial charge in [0.05, 0.1) is 12.9 Å². The minimum atomic E-state index is -0.365. The Hall–Kier alpha value is -1.32. The maximum atomic E-state index is 10.4. The SMILES string of the molecule is CC(=O)OC=CC(C)COC(C)=O. The Morgan fingerprint density at radius 1 is 1.31 bits per heavy atom. The minimum absolute atomic E-state index is 0.0447. The fourth-order valence-electron chi connectivity index (χ4n) is 0.574. The Bertz CT molecular complexity index is 208. The van der Waals surface area contributed by atoms with Gasteiger partial charge in [-0.25, -0.2) is 0 Å². The highest BCUT2D eigenvalue weighted by atomic mass is 16.5. The van der Waals surface area contributed by atoms with Gasteiger partial charge in [-0.05, 0) is 6.08 Å². The summed E-state index contributed by atoms with van der Waals surface area (Å²) < 4.78 is 9.29. The van der Waals surface area contributed by atoms with Crippen LogP contribution in [0.25, 0.3) is 0 Å². The van der Waals surface area contributed by atoms with Crippen LogP contribution in [0.5, 0.6) is 0 Å². The highest BCUT2D eigenvalue weighted by Crippen LogP contribution is 1.98. The molecule has 1 unspecified atom stereocenters. The standard InChI is InChI=1S/C9H14O4/c1-7(6-13-9(3)11)4-5-12-8(2)10/h4-5,7H,6H2,1-3H3. The van der Waals surface area contributed by atoms with Crippen LogP contribution in [0.2, 0.25) is 0 Å². The van der Waals surface area contributed by atoms with E-state index in [1.807, 2.05) is 6.92 Å². The molecule has 0 N–H and O–H groups in total. The molecule has 0 rings (SSSR count). The van der Waals surface area contributed by atoms with E-state index in [-0.39, 0.29) is 17.9 Å². The number of rotatable bonds is 4. The number of ether oxygens (including phenoxy) is 2. The van der Waals surface area contributed by atoms with Gasteiger partial charge in [-0.3, -0.25) is 9.59 Å². The molecule has 0 saturated heterocycles. The Morgan fingerprint density at radius 2 is 1.92 bits per heavy atom. The van der Waals surface area contributed by atoms with Crippen molar-refractivity contribution < 1.29 is 19.1 Å². The molecule has 0 aromatic carbocycles. The number of hydrogen-bond donors (Lipinski definition) is 0. The van der Waals surface area contributed by atoms with Crippen molar-refractivity contribution in [2.75, 3.05) is 6.61 Å². The quantitative estimate of drug-likeness (QED) is 0.490. The number of hydrogen-bond acceptors (Lipinski definition) is 4. The van der Waals surface area contributed by atoms with Crippen LogP contribution in [-0.2, 0) is 19.1 Å². The van der Waals surface area contributed by atoms with E-state index < -0.39 is 0 Å². The molecule has 0 amide bonds. The zero-order chi connectivity index (χ0) is 10.3. The van der Waals surface area contributed by atoms with Crippen molar-refractivity contribution in [3.05, 3.63) is 12.3 Å². The second kappa shape index (κ2) is 6.22. The molecular formula is C9H14O4. The van der Waals surface area contributed by atoms with Crippen LogP contribution in [0.1, 0.15) is 20.8 Å². The molecule has 1 atom stereocenters. The van der Waals surface area contributed by atoms with E-state index in [0.717, 1.165) is 0 Å². The Kier molecular flexibility index (Phi) is 5.59. The van der Waals surface area contributed by atoms with Crippen molar-refractivity contribution in [1.29, 1.82) is 0 Å². The van der Waals surface area contributed by atoms with Crippen LogP contribution in [0.15, 0.2) is 12.3 Å². The van der Waals surface area contributed by atoms with Crippen molar-refractivity contribution in [3.63, 3.8) is 0 Å². The molecule has 0 heterocycles. The van der Waals surface area contributed by atoms with Gasteiger partial charge in [0.1, 0.15) is 0 Å². The Balaban J connectivity index is 3.60. The van der Waals surface area contributed by atoms with Gasteiger partial charge in [0.2, 0.25) is 0 Å². The lowest BCUT2D eigenvalue weighted by atomic mass is 10.2. The maximum absolute atomic E-state index is 10.4. The number of carbonyl (C=O) groups is 2. The first-order valence-electron chi connectivity index (χ1n) is 3.99. The lowest BCUT2D eigenvalue weighted by Crippen LogP contribution is -2.07. The molecule has 0 aromatic heterocycles. The molecule has 0 spiro atoms. The summed E-state index contributed by atoms with van der Waals surface area (Å²) in [7, 11) is 0. The van der Waals surface area contributed by atoms with E-state index in [4.69, 9.17) is 4.74 Å². The van der Waals surface area contributed by atoms with Crippen LogP contribution in [0, 0.1) is 5.92 Å². The molecule has 4 nitrogen and oxygen atoms in total. The van der Waals surface area contributed by atoms with E-state index in [1.54, 1.807) is 6.08 Å². The lowest BCUT2D eigenvalue weighted by molar-refractivity contribution is -0.142. The summed E-state index contributed by atoms with van der Waals surface area (Å²) in [6, 6.07) is 0. The molecule has 0 bridgehead atoms. The van der Waals surface area contributed by atoms with Crippen molar-refractivity contribution in [1.82, 2.24) is 0 Å².